The van der Waals surface area contributed by atoms with Gasteiger partial charge in [-0.25, -0.2) is 4.79 Å². The summed E-state index contributed by atoms with van der Waals surface area (Å²) >= 11 is 0. The lowest BCUT2D eigenvalue weighted by Gasteiger charge is -2.33. The highest BCUT2D eigenvalue weighted by Crippen LogP contribution is 2.24. The molecule has 7 heteroatoms. The number of nitrogens with zero attached hydrogens (tertiary/aromatic N) is 2. The number of fused-ring (bicyclic) bond motifs is 1. The van der Waals surface area contributed by atoms with Crippen LogP contribution in [0.3, 0.4) is 0 Å². The van der Waals surface area contributed by atoms with Crippen molar-refractivity contribution in [3.63, 3.8) is 0 Å². The zero-order chi connectivity index (χ0) is 23.6. The topological polar surface area (TPSA) is 83.8 Å². The van der Waals surface area contributed by atoms with Crippen molar-refractivity contribution in [2.45, 2.75) is 72.3 Å². The first-order chi connectivity index (χ1) is 15.0. The van der Waals surface area contributed by atoms with Gasteiger partial charge < -0.3 is 19.3 Å². The molecule has 3 rings (SSSR count). The number of hydrogen-bond donors (Lipinski definition) is 2. The lowest BCUT2D eigenvalue weighted by atomic mass is 9.97. The third kappa shape index (κ3) is 5.51. The molecule has 1 aliphatic rings. The summed E-state index contributed by atoms with van der Waals surface area (Å²) in [6.45, 7) is 13.4. The largest absolute Gasteiger partial charge is 0.444 e. The molecule has 1 aliphatic heterocycles. The highest BCUT2D eigenvalue weighted by molar-refractivity contribution is 5.83. The summed E-state index contributed by atoms with van der Waals surface area (Å²) in [6.07, 6.45) is 0.336. The van der Waals surface area contributed by atoms with Crippen LogP contribution in [0, 0.1) is 12.8 Å². The monoisotopic (exact) mass is 443 g/mol. The van der Waals surface area contributed by atoms with Gasteiger partial charge in [-0.2, -0.15) is 0 Å². The minimum absolute atomic E-state index is 0.0175. The van der Waals surface area contributed by atoms with Crippen molar-refractivity contribution in [2.75, 3.05) is 19.6 Å². The Morgan fingerprint density at radius 1 is 1.25 bits per heavy atom. The summed E-state index contributed by atoms with van der Waals surface area (Å²) in [5, 5.41) is 15.0. The molecule has 7 nitrogen and oxygen atoms in total. The molecule has 1 unspecified atom stereocenters. The summed E-state index contributed by atoms with van der Waals surface area (Å²) in [7, 11) is 0. The minimum atomic E-state index is -1.04. The van der Waals surface area contributed by atoms with Crippen LogP contribution in [0.25, 0.3) is 10.9 Å². The van der Waals surface area contributed by atoms with E-state index < -0.39 is 11.8 Å². The number of aliphatic hydroxyl groups excluding tert-OH is 1. The van der Waals surface area contributed by atoms with Gasteiger partial charge >= 0.3 is 6.09 Å². The third-order valence-electron chi connectivity index (χ3n) is 6.00. The van der Waals surface area contributed by atoms with Crippen molar-refractivity contribution in [3.05, 3.63) is 45.7 Å². The fourth-order valence-electron chi connectivity index (χ4n) is 4.27. The van der Waals surface area contributed by atoms with Gasteiger partial charge in [-0.05, 0) is 78.0 Å². The van der Waals surface area contributed by atoms with Gasteiger partial charge in [0.25, 0.3) is 5.56 Å². The maximum Gasteiger partial charge on any atom is 0.410 e. The molecule has 0 radical (unpaired) electrons. The number of carbonyl (C=O) groups is 1. The first kappa shape index (κ1) is 24.3. The normalized spacial score (nSPS) is 16.6. The predicted molar refractivity (Wildman–Crippen MR) is 127 cm³/mol. The molecule has 176 valence electrons. The SMILES string of the molecule is Cc1cccc2c1cc(C(O)NCC1CCN(C(=O)OC(C)(C)C)CC1)c(=O)n2C(C)C. The molecule has 2 heterocycles. The second-order valence-corrected chi connectivity index (χ2v) is 10.1. The number of aryl methyl sites for hydroxylation is 1. The van der Waals surface area contributed by atoms with Crippen molar-refractivity contribution in [1.29, 1.82) is 0 Å². The Hall–Kier alpha value is -2.38. The summed E-state index contributed by atoms with van der Waals surface area (Å²) in [6, 6.07) is 7.71. The standard InChI is InChI=1S/C25H37N3O4/c1-16(2)28-21-9-7-8-17(3)19(21)14-20(23(28)30)22(29)26-15-18-10-12-27(13-11-18)24(31)32-25(4,5)6/h7-9,14,16,18,22,26,29H,10-13,15H2,1-6H3. The highest BCUT2D eigenvalue weighted by atomic mass is 16.6. The number of benzene rings is 1. The smallest absolute Gasteiger partial charge is 0.410 e. The van der Waals surface area contributed by atoms with Crippen LogP contribution in [0.2, 0.25) is 0 Å². The van der Waals surface area contributed by atoms with Crippen molar-refractivity contribution in [2.24, 2.45) is 5.92 Å². The number of nitrogens with one attached hydrogen (secondary N) is 1. The van der Waals surface area contributed by atoms with Gasteiger partial charge in [0, 0.05) is 31.1 Å². The Morgan fingerprint density at radius 3 is 2.50 bits per heavy atom. The molecule has 0 saturated carbocycles. The first-order valence-electron chi connectivity index (χ1n) is 11.5. The molecule has 0 spiro atoms. The Labute approximate surface area is 190 Å². The molecule has 32 heavy (non-hydrogen) atoms. The third-order valence-corrected chi connectivity index (χ3v) is 6.00. The Bertz CT molecular complexity index is 1010. The number of ether oxygens (including phenoxy) is 1. The molecular formula is C25H37N3O4. The summed E-state index contributed by atoms with van der Waals surface area (Å²) in [5.41, 5.74) is 1.65. The lowest BCUT2D eigenvalue weighted by Crippen LogP contribution is -2.43. The van der Waals surface area contributed by atoms with Crippen molar-refractivity contribution >= 4 is 17.0 Å². The zero-order valence-corrected chi connectivity index (χ0v) is 20.1. The van der Waals surface area contributed by atoms with E-state index in [4.69, 9.17) is 4.74 Å². The number of amides is 1. The van der Waals surface area contributed by atoms with Crippen LogP contribution >= 0.6 is 0 Å². The molecule has 1 aromatic carbocycles. The molecule has 0 aliphatic carbocycles. The van der Waals surface area contributed by atoms with E-state index in [2.05, 4.69) is 5.32 Å². The van der Waals surface area contributed by atoms with E-state index in [-0.39, 0.29) is 17.7 Å². The van der Waals surface area contributed by atoms with E-state index in [0.29, 0.717) is 31.1 Å². The number of likely N-dealkylation sites (tertiary alicyclic amines) is 1. The van der Waals surface area contributed by atoms with E-state index in [1.165, 1.54) is 0 Å². The summed E-state index contributed by atoms with van der Waals surface area (Å²) in [5.74, 6) is 0.317. The van der Waals surface area contributed by atoms with Crippen LogP contribution < -0.4 is 10.9 Å². The first-order valence-corrected chi connectivity index (χ1v) is 11.5. The maximum absolute atomic E-state index is 13.2. The van der Waals surface area contributed by atoms with Crippen LogP contribution in [0.5, 0.6) is 0 Å². The fraction of sp³-hybridized carbons (Fsp3) is 0.600. The van der Waals surface area contributed by atoms with Crippen molar-refractivity contribution < 1.29 is 14.6 Å². The van der Waals surface area contributed by atoms with E-state index in [1.807, 2.05) is 65.8 Å². The average Bonchev–Trinajstić information content (AvgIpc) is 2.70. The lowest BCUT2D eigenvalue weighted by molar-refractivity contribution is 0.0176. The van der Waals surface area contributed by atoms with E-state index >= 15 is 0 Å². The van der Waals surface area contributed by atoms with Gasteiger partial charge in [-0.3, -0.25) is 10.1 Å². The minimum Gasteiger partial charge on any atom is -0.444 e. The number of carbonyl (C=O) groups excluding carboxylic acids is 1. The molecule has 2 N–H and O–H groups in total. The van der Waals surface area contributed by atoms with Crippen LogP contribution in [0.4, 0.5) is 4.79 Å². The molecule has 1 saturated heterocycles. The van der Waals surface area contributed by atoms with Gasteiger partial charge in [0.1, 0.15) is 11.8 Å². The zero-order valence-electron chi connectivity index (χ0n) is 20.1. The number of hydrogen-bond acceptors (Lipinski definition) is 5. The van der Waals surface area contributed by atoms with Crippen LogP contribution in [-0.4, -0.2) is 45.9 Å². The second-order valence-electron chi connectivity index (χ2n) is 10.1. The number of aliphatic hydroxyl groups is 1. The molecule has 1 atom stereocenters. The predicted octanol–water partition coefficient (Wildman–Crippen LogP) is 4.12. The van der Waals surface area contributed by atoms with Gasteiger partial charge in [-0.1, -0.05) is 12.1 Å². The second kappa shape index (κ2) is 9.63. The fourth-order valence-corrected chi connectivity index (χ4v) is 4.27. The van der Waals surface area contributed by atoms with Crippen molar-refractivity contribution in [3.8, 4) is 0 Å². The van der Waals surface area contributed by atoms with Gasteiger partial charge in [-0.15, -0.1) is 0 Å². The molecule has 1 amide bonds. The number of pyridine rings is 1. The van der Waals surface area contributed by atoms with Gasteiger partial charge in [0.15, 0.2) is 0 Å². The molecule has 1 aromatic heterocycles. The number of rotatable bonds is 5. The maximum atomic E-state index is 13.2. The van der Waals surface area contributed by atoms with E-state index in [1.54, 1.807) is 9.47 Å². The quantitative estimate of drug-likeness (QED) is 0.679. The Kier molecular flexibility index (Phi) is 7.30. The Morgan fingerprint density at radius 2 is 1.91 bits per heavy atom. The van der Waals surface area contributed by atoms with Crippen LogP contribution in [0.15, 0.2) is 29.1 Å². The molecular weight excluding hydrogens is 406 g/mol. The van der Waals surface area contributed by atoms with Crippen LogP contribution in [-0.2, 0) is 4.74 Å². The van der Waals surface area contributed by atoms with Crippen molar-refractivity contribution in [1.82, 2.24) is 14.8 Å². The highest BCUT2D eigenvalue weighted by Gasteiger charge is 2.27. The number of aromatic nitrogens is 1. The Balaban J connectivity index is 1.67. The van der Waals surface area contributed by atoms with E-state index in [9.17, 15) is 14.7 Å². The van der Waals surface area contributed by atoms with Gasteiger partial charge in [0.2, 0.25) is 0 Å². The average molecular weight is 444 g/mol. The molecule has 1 fully saturated rings. The molecule has 0 bridgehead atoms. The molecule has 2 aromatic rings. The van der Waals surface area contributed by atoms with E-state index in [0.717, 1.165) is 29.3 Å². The van der Waals surface area contributed by atoms with Crippen LogP contribution in [0.1, 0.15) is 70.9 Å². The summed E-state index contributed by atoms with van der Waals surface area (Å²) < 4.78 is 7.20. The summed E-state index contributed by atoms with van der Waals surface area (Å²) in [4.78, 5) is 27.1. The number of piperidine rings is 1. The van der Waals surface area contributed by atoms with Gasteiger partial charge in [0.05, 0.1) is 11.1 Å².